The van der Waals surface area contributed by atoms with E-state index in [9.17, 15) is 4.79 Å². The van der Waals surface area contributed by atoms with E-state index in [0.717, 1.165) is 36.6 Å². The largest absolute Gasteiger partial charge is 0.378 e. The van der Waals surface area contributed by atoms with Crippen LogP contribution in [0.2, 0.25) is 0 Å². The minimum atomic E-state index is 0.199. The maximum atomic E-state index is 11.9. The van der Waals surface area contributed by atoms with Gasteiger partial charge in [0.1, 0.15) is 5.78 Å². The second-order valence-electron chi connectivity index (χ2n) is 5.11. The van der Waals surface area contributed by atoms with Crippen LogP contribution >= 0.6 is 11.3 Å². The molecule has 0 radical (unpaired) electrons. The molecule has 0 spiro atoms. The lowest BCUT2D eigenvalue weighted by molar-refractivity contribution is -0.120. The molecule has 1 fully saturated rings. The number of rotatable bonds is 6. The van der Waals surface area contributed by atoms with Gasteiger partial charge in [-0.1, -0.05) is 0 Å². The maximum absolute atomic E-state index is 11.9. The summed E-state index contributed by atoms with van der Waals surface area (Å²) in [6.07, 6.45) is 7.19. The summed E-state index contributed by atoms with van der Waals surface area (Å²) in [5.74, 6) is 0.199. The molecule has 1 N–H and O–H groups in total. The number of nitrogens with one attached hydrogen (secondary N) is 1. The van der Waals surface area contributed by atoms with Crippen LogP contribution in [0.25, 0.3) is 4.96 Å². The van der Waals surface area contributed by atoms with Gasteiger partial charge in [-0.05, 0) is 25.9 Å². The number of imidazole rings is 1. The van der Waals surface area contributed by atoms with Crippen molar-refractivity contribution in [3.63, 3.8) is 0 Å². The van der Waals surface area contributed by atoms with E-state index in [1.54, 1.807) is 11.3 Å². The second kappa shape index (κ2) is 6.47. The fraction of sp³-hybridized carbons (Fsp3) is 0.571. The molecule has 3 rings (SSSR count). The van der Waals surface area contributed by atoms with E-state index in [-0.39, 0.29) is 5.78 Å². The van der Waals surface area contributed by atoms with Crippen LogP contribution < -0.4 is 5.32 Å². The van der Waals surface area contributed by atoms with Gasteiger partial charge in [0.2, 0.25) is 0 Å². The van der Waals surface area contributed by atoms with Crippen molar-refractivity contribution in [2.24, 2.45) is 0 Å². The smallest absolute Gasteiger partial charge is 0.193 e. The summed E-state index contributed by atoms with van der Waals surface area (Å²) in [5.41, 5.74) is 0.851. The first-order valence-electron chi connectivity index (χ1n) is 7.06. The number of nitrogens with zero attached hydrogens (tertiary/aromatic N) is 2. The molecule has 0 amide bonds. The number of aromatic nitrogens is 2. The van der Waals surface area contributed by atoms with Gasteiger partial charge in [0.15, 0.2) is 4.96 Å². The number of fused-ring (bicyclic) bond motifs is 1. The number of ketones is 1. The zero-order valence-corrected chi connectivity index (χ0v) is 12.2. The summed E-state index contributed by atoms with van der Waals surface area (Å²) >= 11 is 1.58. The van der Waals surface area contributed by atoms with E-state index in [4.69, 9.17) is 4.74 Å². The van der Waals surface area contributed by atoms with E-state index in [1.165, 1.54) is 0 Å². The van der Waals surface area contributed by atoms with Gasteiger partial charge >= 0.3 is 0 Å². The Morgan fingerprint density at radius 2 is 2.35 bits per heavy atom. The normalized spacial score (nSPS) is 16.8. The van der Waals surface area contributed by atoms with Gasteiger partial charge in [-0.2, -0.15) is 0 Å². The molecule has 1 aliphatic heterocycles. The average molecular weight is 293 g/mol. The fourth-order valence-corrected chi connectivity index (χ4v) is 3.17. The van der Waals surface area contributed by atoms with Crippen LogP contribution in [-0.2, 0) is 16.0 Å². The van der Waals surface area contributed by atoms with Crippen LogP contribution in [0.3, 0.4) is 0 Å². The third-order valence-corrected chi connectivity index (χ3v) is 4.31. The number of hydrogen-bond acceptors (Lipinski definition) is 5. The van der Waals surface area contributed by atoms with Crippen LogP contribution in [0.15, 0.2) is 17.8 Å². The Morgan fingerprint density at radius 3 is 3.15 bits per heavy atom. The number of ether oxygens (including phenoxy) is 1. The number of thiazole rings is 1. The summed E-state index contributed by atoms with van der Waals surface area (Å²) in [4.78, 5) is 17.3. The number of carbonyl (C=O) groups is 1. The Kier molecular flexibility index (Phi) is 4.44. The lowest BCUT2D eigenvalue weighted by atomic mass is 10.1. The first kappa shape index (κ1) is 13.7. The molecule has 0 aromatic carbocycles. The van der Waals surface area contributed by atoms with Crippen LogP contribution in [0.1, 0.15) is 25.0 Å². The SMILES string of the molecule is O=C(CCOC1CCNCC1)Cc1cn2ccsc2n1. The van der Waals surface area contributed by atoms with Crippen molar-refractivity contribution in [2.45, 2.75) is 31.8 Å². The van der Waals surface area contributed by atoms with Gasteiger partial charge in [-0.25, -0.2) is 4.98 Å². The van der Waals surface area contributed by atoms with Crippen molar-refractivity contribution in [1.29, 1.82) is 0 Å². The predicted molar refractivity (Wildman–Crippen MR) is 78.2 cm³/mol. The van der Waals surface area contributed by atoms with E-state index in [0.29, 0.717) is 25.6 Å². The highest BCUT2D eigenvalue weighted by Gasteiger charge is 2.14. The Bertz CT molecular complexity index is 543. The lowest BCUT2D eigenvalue weighted by Crippen LogP contribution is -2.32. The van der Waals surface area contributed by atoms with E-state index >= 15 is 0 Å². The average Bonchev–Trinajstić information content (AvgIpc) is 3.01. The monoisotopic (exact) mass is 293 g/mol. The summed E-state index contributed by atoms with van der Waals surface area (Å²) in [5, 5.41) is 5.29. The summed E-state index contributed by atoms with van der Waals surface area (Å²) < 4.78 is 7.71. The first-order chi connectivity index (χ1) is 9.81. The summed E-state index contributed by atoms with van der Waals surface area (Å²) in [6, 6.07) is 0. The quantitative estimate of drug-likeness (QED) is 0.880. The molecule has 0 bridgehead atoms. The van der Waals surface area contributed by atoms with E-state index in [1.807, 2.05) is 22.2 Å². The highest BCUT2D eigenvalue weighted by atomic mass is 32.1. The van der Waals surface area contributed by atoms with Crippen LogP contribution in [0, 0.1) is 0 Å². The number of Topliss-reactive ketones (excluding diaryl/α,β-unsaturated/α-hetero) is 1. The van der Waals surface area contributed by atoms with Crippen LogP contribution in [-0.4, -0.2) is 41.0 Å². The van der Waals surface area contributed by atoms with Crippen molar-refractivity contribution < 1.29 is 9.53 Å². The number of hydrogen-bond donors (Lipinski definition) is 1. The molecule has 0 saturated carbocycles. The molecular formula is C14H19N3O2S. The molecule has 2 aromatic heterocycles. The molecule has 0 unspecified atom stereocenters. The molecule has 2 aromatic rings. The Hall–Kier alpha value is -1.24. The molecule has 0 aliphatic carbocycles. The zero-order valence-electron chi connectivity index (χ0n) is 11.4. The predicted octanol–water partition coefficient (Wildman–Crippen LogP) is 1.67. The molecule has 3 heterocycles. The summed E-state index contributed by atoms with van der Waals surface area (Å²) in [6.45, 7) is 2.57. The number of piperidine rings is 1. The zero-order chi connectivity index (χ0) is 13.8. The van der Waals surface area contributed by atoms with Crippen molar-refractivity contribution >= 4 is 22.1 Å². The molecule has 1 saturated heterocycles. The van der Waals surface area contributed by atoms with E-state index < -0.39 is 0 Å². The first-order valence-corrected chi connectivity index (χ1v) is 7.94. The standard InChI is InChI=1S/C14H19N3O2S/c18-12(3-7-19-13-1-4-15-5-2-13)9-11-10-17-6-8-20-14(17)16-11/h6,8,10,13,15H,1-5,7,9H2. The third kappa shape index (κ3) is 3.45. The molecule has 5 nitrogen and oxygen atoms in total. The molecule has 1 aliphatic rings. The van der Waals surface area contributed by atoms with Gasteiger partial charge in [0.05, 0.1) is 24.8 Å². The van der Waals surface area contributed by atoms with Crippen molar-refractivity contribution in [3.05, 3.63) is 23.5 Å². The Morgan fingerprint density at radius 1 is 1.50 bits per heavy atom. The highest BCUT2D eigenvalue weighted by molar-refractivity contribution is 7.15. The van der Waals surface area contributed by atoms with Crippen molar-refractivity contribution in [2.75, 3.05) is 19.7 Å². The molecule has 20 heavy (non-hydrogen) atoms. The molecule has 6 heteroatoms. The minimum Gasteiger partial charge on any atom is -0.378 e. The van der Waals surface area contributed by atoms with Crippen molar-refractivity contribution in [3.8, 4) is 0 Å². The molecular weight excluding hydrogens is 274 g/mol. The third-order valence-electron chi connectivity index (χ3n) is 3.54. The lowest BCUT2D eigenvalue weighted by Gasteiger charge is -2.22. The molecule has 0 atom stereocenters. The van der Waals surface area contributed by atoms with Gasteiger partial charge in [-0.3, -0.25) is 9.20 Å². The van der Waals surface area contributed by atoms with Crippen LogP contribution in [0.4, 0.5) is 0 Å². The van der Waals surface area contributed by atoms with Gasteiger partial charge in [0, 0.05) is 24.2 Å². The van der Waals surface area contributed by atoms with E-state index in [2.05, 4.69) is 10.3 Å². The fourth-order valence-electron chi connectivity index (χ4n) is 2.45. The Balaban J connectivity index is 1.41. The Labute approximate surface area is 122 Å². The van der Waals surface area contributed by atoms with Gasteiger partial charge < -0.3 is 10.1 Å². The van der Waals surface area contributed by atoms with Crippen molar-refractivity contribution in [1.82, 2.24) is 14.7 Å². The number of carbonyl (C=O) groups excluding carboxylic acids is 1. The van der Waals surface area contributed by atoms with Gasteiger partial charge in [-0.15, -0.1) is 11.3 Å². The molecule has 108 valence electrons. The minimum absolute atomic E-state index is 0.199. The maximum Gasteiger partial charge on any atom is 0.193 e. The topological polar surface area (TPSA) is 55.6 Å². The second-order valence-corrected chi connectivity index (χ2v) is 5.98. The van der Waals surface area contributed by atoms with Crippen LogP contribution in [0.5, 0.6) is 0 Å². The highest BCUT2D eigenvalue weighted by Crippen LogP contribution is 2.12. The van der Waals surface area contributed by atoms with Gasteiger partial charge in [0.25, 0.3) is 0 Å². The summed E-state index contributed by atoms with van der Waals surface area (Å²) in [7, 11) is 0.